The van der Waals surface area contributed by atoms with Crippen molar-refractivity contribution in [3.63, 3.8) is 0 Å². The zero-order valence-electron chi connectivity index (χ0n) is 11.4. The molecule has 0 saturated heterocycles. The van der Waals surface area contributed by atoms with Gasteiger partial charge in [0.2, 0.25) is 0 Å². The molecular formula is C14H30N2. The molecule has 0 bridgehead atoms. The van der Waals surface area contributed by atoms with Crippen molar-refractivity contribution in [2.75, 3.05) is 20.1 Å². The van der Waals surface area contributed by atoms with Gasteiger partial charge in [-0.25, -0.2) is 0 Å². The maximum Gasteiger partial charge on any atom is 0.00870 e. The number of rotatable bonds is 6. The van der Waals surface area contributed by atoms with Gasteiger partial charge < -0.3 is 10.6 Å². The average Bonchev–Trinajstić information content (AvgIpc) is 2.31. The Kier molecular flexibility index (Phi) is 6.37. The summed E-state index contributed by atoms with van der Waals surface area (Å²) in [5, 5.41) is 0. The van der Waals surface area contributed by atoms with Gasteiger partial charge in [0.05, 0.1) is 0 Å². The minimum absolute atomic E-state index is 0.784. The van der Waals surface area contributed by atoms with Crippen LogP contribution in [0.15, 0.2) is 0 Å². The van der Waals surface area contributed by atoms with Crippen molar-refractivity contribution < 1.29 is 0 Å². The Labute approximate surface area is 102 Å². The van der Waals surface area contributed by atoms with Gasteiger partial charge in [-0.15, -0.1) is 0 Å². The Morgan fingerprint density at radius 3 is 2.00 bits per heavy atom. The molecule has 1 rings (SSSR count). The van der Waals surface area contributed by atoms with E-state index in [-0.39, 0.29) is 0 Å². The quantitative estimate of drug-likeness (QED) is 0.754. The summed E-state index contributed by atoms with van der Waals surface area (Å²) in [6.07, 6.45) is 8.07. The van der Waals surface area contributed by atoms with E-state index in [4.69, 9.17) is 5.73 Å². The Bertz CT molecular complexity index is 170. The Morgan fingerprint density at radius 2 is 1.56 bits per heavy atom. The third-order valence-electron chi connectivity index (χ3n) is 4.41. The summed E-state index contributed by atoms with van der Waals surface area (Å²) in [7, 11) is 2.30. The zero-order valence-corrected chi connectivity index (χ0v) is 11.4. The van der Waals surface area contributed by atoms with Crippen molar-refractivity contribution >= 4 is 0 Å². The molecule has 16 heavy (non-hydrogen) atoms. The van der Waals surface area contributed by atoms with E-state index >= 15 is 0 Å². The number of hydrogen-bond donors (Lipinski definition) is 1. The second-order valence-corrected chi connectivity index (χ2v) is 5.53. The predicted molar refractivity (Wildman–Crippen MR) is 71.5 cm³/mol. The van der Waals surface area contributed by atoms with Crippen LogP contribution in [0.5, 0.6) is 0 Å². The first-order valence-electron chi connectivity index (χ1n) is 7.11. The van der Waals surface area contributed by atoms with Crippen LogP contribution in [0.4, 0.5) is 0 Å². The highest BCUT2D eigenvalue weighted by Gasteiger charge is 2.22. The standard InChI is InChI=1S/C14H30N2/c1-4-14(5-2)16(3)11-13-8-6-12(10-15)7-9-13/h12-14H,4-11,15H2,1-3H3. The van der Waals surface area contributed by atoms with Crippen molar-refractivity contribution in [1.29, 1.82) is 0 Å². The third-order valence-corrected chi connectivity index (χ3v) is 4.41. The lowest BCUT2D eigenvalue weighted by atomic mass is 9.81. The van der Waals surface area contributed by atoms with Crippen LogP contribution in [0.2, 0.25) is 0 Å². The van der Waals surface area contributed by atoms with E-state index in [1.165, 1.54) is 45.1 Å². The van der Waals surface area contributed by atoms with Crippen molar-refractivity contribution in [1.82, 2.24) is 4.90 Å². The van der Waals surface area contributed by atoms with E-state index in [0.717, 1.165) is 24.4 Å². The maximum atomic E-state index is 5.73. The van der Waals surface area contributed by atoms with Crippen molar-refractivity contribution in [3.8, 4) is 0 Å². The van der Waals surface area contributed by atoms with Crippen LogP contribution >= 0.6 is 0 Å². The van der Waals surface area contributed by atoms with Gasteiger partial charge >= 0.3 is 0 Å². The highest BCUT2D eigenvalue weighted by molar-refractivity contribution is 4.76. The van der Waals surface area contributed by atoms with E-state index < -0.39 is 0 Å². The first kappa shape index (κ1) is 14.0. The van der Waals surface area contributed by atoms with Crippen LogP contribution in [0.1, 0.15) is 52.4 Å². The van der Waals surface area contributed by atoms with Crippen LogP contribution < -0.4 is 5.73 Å². The monoisotopic (exact) mass is 226 g/mol. The van der Waals surface area contributed by atoms with Gasteiger partial charge in [0, 0.05) is 12.6 Å². The normalized spacial score (nSPS) is 26.6. The Hall–Kier alpha value is -0.0800. The first-order chi connectivity index (χ1) is 7.71. The molecule has 96 valence electrons. The van der Waals surface area contributed by atoms with E-state index in [1.54, 1.807) is 0 Å². The molecule has 2 heteroatoms. The van der Waals surface area contributed by atoms with E-state index in [9.17, 15) is 0 Å². The summed E-state index contributed by atoms with van der Waals surface area (Å²) in [6, 6.07) is 0.784. The third kappa shape index (κ3) is 4.06. The van der Waals surface area contributed by atoms with Crippen LogP contribution in [0, 0.1) is 11.8 Å². The molecule has 0 aromatic carbocycles. The fourth-order valence-electron chi connectivity index (χ4n) is 3.12. The molecule has 1 saturated carbocycles. The topological polar surface area (TPSA) is 29.3 Å². The number of nitrogens with two attached hydrogens (primary N) is 1. The predicted octanol–water partition coefficient (Wildman–Crippen LogP) is 2.87. The number of hydrogen-bond acceptors (Lipinski definition) is 2. The van der Waals surface area contributed by atoms with Gasteiger partial charge in [0.1, 0.15) is 0 Å². The summed E-state index contributed by atoms with van der Waals surface area (Å²) < 4.78 is 0. The maximum absolute atomic E-state index is 5.73. The Balaban J connectivity index is 2.27. The lowest BCUT2D eigenvalue weighted by molar-refractivity contribution is 0.160. The van der Waals surface area contributed by atoms with Crippen LogP contribution in [-0.2, 0) is 0 Å². The van der Waals surface area contributed by atoms with E-state index in [0.29, 0.717) is 0 Å². The lowest BCUT2D eigenvalue weighted by Crippen LogP contribution is -2.36. The highest BCUT2D eigenvalue weighted by Crippen LogP contribution is 2.29. The highest BCUT2D eigenvalue weighted by atomic mass is 15.1. The SMILES string of the molecule is CCC(CC)N(C)CC1CCC(CN)CC1. The Morgan fingerprint density at radius 1 is 1.06 bits per heavy atom. The molecule has 1 aliphatic carbocycles. The molecular weight excluding hydrogens is 196 g/mol. The van der Waals surface area contributed by atoms with Crippen molar-refractivity contribution in [3.05, 3.63) is 0 Å². The molecule has 1 aliphatic rings. The largest absolute Gasteiger partial charge is 0.330 e. The van der Waals surface area contributed by atoms with Gasteiger partial charge in [-0.05, 0) is 64.0 Å². The smallest absolute Gasteiger partial charge is 0.00870 e. The zero-order chi connectivity index (χ0) is 12.0. The van der Waals surface area contributed by atoms with Crippen LogP contribution in [0.25, 0.3) is 0 Å². The number of nitrogens with zero attached hydrogens (tertiary/aromatic N) is 1. The lowest BCUT2D eigenvalue weighted by Gasteiger charge is -2.34. The summed E-state index contributed by atoms with van der Waals surface area (Å²) in [5.41, 5.74) is 5.73. The first-order valence-corrected chi connectivity index (χ1v) is 7.11. The van der Waals surface area contributed by atoms with Crippen molar-refractivity contribution in [2.45, 2.75) is 58.4 Å². The second-order valence-electron chi connectivity index (χ2n) is 5.53. The molecule has 0 heterocycles. The fraction of sp³-hybridized carbons (Fsp3) is 1.00. The van der Waals surface area contributed by atoms with Crippen LogP contribution in [-0.4, -0.2) is 31.1 Å². The molecule has 0 atom stereocenters. The molecule has 0 aromatic heterocycles. The van der Waals surface area contributed by atoms with Gasteiger partial charge in [-0.3, -0.25) is 0 Å². The molecule has 0 spiro atoms. The molecule has 2 nitrogen and oxygen atoms in total. The average molecular weight is 226 g/mol. The molecule has 0 amide bonds. The fourth-order valence-corrected chi connectivity index (χ4v) is 3.12. The van der Waals surface area contributed by atoms with E-state index in [1.807, 2.05) is 0 Å². The minimum Gasteiger partial charge on any atom is -0.330 e. The summed E-state index contributed by atoms with van der Waals surface area (Å²) in [5.74, 6) is 1.74. The summed E-state index contributed by atoms with van der Waals surface area (Å²) in [6.45, 7) is 6.80. The molecule has 0 aromatic rings. The van der Waals surface area contributed by atoms with E-state index in [2.05, 4.69) is 25.8 Å². The van der Waals surface area contributed by atoms with Gasteiger partial charge in [0.15, 0.2) is 0 Å². The minimum atomic E-state index is 0.784. The second kappa shape index (κ2) is 7.29. The summed E-state index contributed by atoms with van der Waals surface area (Å²) >= 11 is 0. The molecule has 2 N–H and O–H groups in total. The van der Waals surface area contributed by atoms with Gasteiger partial charge in [-0.1, -0.05) is 13.8 Å². The van der Waals surface area contributed by atoms with Crippen LogP contribution in [0.3, 0.4) is 0 Å². The van der Waals surface area contributed by atoms with Gasteiger partial charge in [0.25, 0.3) is 0 Å². The summed E-state index contributed by atoms with van der Waals surface area (Å²) in [4.78, 5) is 2.58. The molecule has 0 aliphatic heterocycles. The van der Waals surface area contributed by atoms with Crippen molar-refractivity contribution in [2.24, 2.45) is 17.6 Å². The molecule has 0 unspecified atom stereocenters. The molecule has 1 fully saturated rings. The molecule has 0 radical (unpaired) electrons. The van der Waals surface area contributed by atoms with Gasteiger partial charge in [-0.2, -0.15) is 0 Å².